The highest BCUT2D eigenvalue weighted by Crippen LogP contribution is 2.28. The fourth-order valence-corrected chi connectivity index (χ4v) is 3.09. The average Bonchev–Trinajstić information content (AvgIpc) is 3.12. The molecular weight excluding hydrogens is 352 g/mol. The number of rotatable bonds is 5. The molecule has 4 aromatic rings. The van der Waals surface area contributed by atoms with Crippen molar-refractivity contribution in [3.63, 3.8) is 0 Å². The van der Waals surface area contributed by atoms with E-state index >= 15 is 0 Å². The van der Waals surface area contributed by atoms with Gasteiger partial charge in [-0.25, -0.2) is 4.98 Å². The van der Waals surface area contributed by atoms with Crippen LogP contribution in [-0.2, 0) is 4.79 Å². The van der Waals surface area contributed by atoms with Crippen LogP contribution in [-0.4, -0.2) is 17.5 Å². The molecule has 1 amide bonds. The summed E-state index contributed by atoms with van der Waals surface area (Å²) in [6.07, 6.45) is 0. The Morgan fingerprint density at radius 3 is 2.68 bits per heavy atom. The summed E-state index contributed by atoms with van der Waals surface area (Å²) in [5.74, 6) is 0.953. The lowest BCUT2D eigenvalue weighted by Crippen LogP contribution is -2.20. The normalized spacial score (nSPS) is 10.8. The SMILES string of the molecule is Cc1cc(C)c2oc(-c3cccc(NC(=O)COc4ccccc4)c3)nc2c1. The highest BCUT2D eigenvalue weighted by atomic mass is 16.5. The van der Waals surface area contributed by atoms with Gasteiger partial charge in [-0.15, -0.1) is 0 Å². The standard InChI is InChI=1S/C23H20N2O3/c1-15-11-16(2)22-20(12-15)25-23(28-22)17-7-6-8-18(13-17)24-21(26)14-27-19-9-4-3-5-10-19/h3-13H,14H2,1-2H3,(H,24,26). The van der Waals surface area contributed by atoms with Crippen molar-refractivity contribution in [1.29, 1.82) is 0 Å². The Balaban J connectivity index is 1.50. The van der Waals surface area contributed by atoms with Gasteiger partial charge in [0.15, 0.2) is 12.2 Å². The second-order valence-electron chi connectivity index (χ2n) is 6.68. The summed E-state index contributed by atoms with van der Waals surface area (Å²) in [5.41, 5.74) is 5.27. The number of nitrogens with one attached hydrogen (secondary N) is 1. The molecule has 140 valence electrons. The third kappa shape index (κ3) is 3.88. The molecule has 0 fully saturated rings. The Morgan fingerprint density at radius 1 is 1.04 bits per heavy atom. The van der Waals surface area contributed by atoms with Crippen LogP contribution in [0, 0.1) is 13.8 Å². The zero-order chi connectivity index (χ0) is 19.5. The molecule has 0 radical (unpaired) electrons. The minimum absolute atomic E-state index is 0.0599. The first-order valence-electron chi connectivity index (χ1n) is 9.04. The molecule has 4 rings (SSSR count). The number of oxazole rings is 1. The van der Waals surface area contributed by atoms with Crippen molar-refractivity contribution in [3.8, 4) is 17.2 Å². The molecule has 0 saturated carbocycles. The molecule has 0 atom stereocenters. The molecule has 1 heterocycles. The van der Waals surface area contributed by atoms with E-state index in [1.165, 1.54) is 0 Å². The quantitative estimate of drug-likeness (QED) is 0.527. The summed E-state index contributed by atoms with van der Waals surface area (Å²) in [5, 5.41) is 2.84. The highest BCUT2D eigenvalue weighted by molar-refractivity contribution is 5.92. The number of amides is 1. The fourth-order valence-electron chi connectivity index (χ4n) is 3.09. The number of hydrogen-bond donors (Lipinski definition) is 1. The van der Waals surface area contributed by atoms with Gasteiger partial charge in [0.1, 0.15) is 11.3 Å². The molecule has 0 aliphatic heterocycles. The van der Waals surface area contributed by atoms with Crippen LogP contribution in [0.5, 0.6) is 5.75 Å². The Morgan fingerprint density at radius 2 is 1.86 bits per heavy atom. The van der Waals surface area contributed by atoms with Gasteiger partial charge in [-0.3, -0.25) is 4.79 Å². The Labute approximate surface area is 163 Å². The van der Waals surface area contributed by atoms with Crippen LogP contribution >= 0.6 is 0 Å². The molecule has 1 N–H and O–H groups in total. The number of benzene rings is 3. The van der Waals surface area contributed by atoms with Gasteiger partial charge in [0, 0.05) is 11.3 Å². The third-order valence-corrected chi connectivity index (χ3v) is 4.33. The molecule has 28 heavy (non-hydrogen) atoms. The van der Waals surface area contributed by atoms with Gasteiger partial charge < -0.3 is 14.5 Å². The number of nitrogens with zero attached hydrogens (tertiary/aromatic N) is 1. The molecule has 0 saturated heterocycles. The zero-order valence-corrected chi connectivity index (χ0v) is 15.7. The lowest BCUT2D eigenvalue weighted by molar-refractivity contribution is -0.118. The van der Waals surface area contributed by atoms with Crippen LogP contribution in [0.1, 0.15) is 11.1 Å². The molecular formula is C23H20N2O3. The molecule has 0 bridgehead atoms. The van der Waals surface area contributed by atoms with Crippen LogP contribution < -0.4 is 10.1 Å². The van der Waals surface area contributed by atoms with Crippen molar-refractivity contribution in [1.82, 2.24) is 4.98 Å². The first-order valence-corrected chi connectivity index (χ1v) is 9.04. The van der Waals surface area contributed by atoms with Crippen molar-refractivity contribution < 1.29 is 13.9 Å². The number of aryl methyl sites for hydroxylation is 2. The second kappa shape index (κ2) is 7.56. The van der Waals surface area contributed by atoms with Crippen LogP contribution in [0.3, 0.4) is 0 Å². The predicted octanol–water partition coefficient (Wildman–Crippen LogP) is 5.13. The van der Waals surface area contributed by atoms with Crippen molar-refractivity contribution in [3.05, 3.63) is 77.9 Å². The number of hydrogen-bond acceptors (Lipinski definition) is 4. The predicted molar refractivity (Wildman–Crippen MR) is 109 cm³/mol. The van der Waals surface area contributed by atoms with E-state index in [9.17, 15) is 4.79 Å². The molecule has 0 unspecified atom stereocenters. The van der Waals surface area contributed by atoms with Crippen LogP contribution in [0.4, 0.5) is 5.69 Å². The van der Waals surface area contributed by atoms with Gasteiger partial charge in [0.25, 0.3) is 5.91 Å². The monoisotopic (exact) mass is 372 g/mol. The molecule has 3 aromatic carbocycles. The van der Waals surface area contributed by atoms with Crippen molar-refractivity contribution in [2.45, 2.75) is 13.8 Å². The Kier molecular flexibility index (Phi) is 4.81. The highest BCUT2D eigenvalue weighted by Gasteiger charge is 2.12. The summed E-state index contributed by atoms with van der Waals surface area (Å²) >= 11 is 0. The van der Waals surface area contributed by atoms with E-state index in [-0.39, 0.29) is 12.5 Å². The molecule has 5 heteroatoms. The van der Waals surface area contributed by atoms with Gasteiger partial charge in [0.2, 0.25) is 5.89 Å². The minimum Gasteiger partial charge on any atom is -0.484 e. The largest absolute Gasteiger partial charge is 0.484 e. The Hall–Kier alpha value is -3.60. The third-order valence-electron chi connectivity index (χ3n) is 4.33. The number of carbonyl (C=O) groups is 1. The zero-order valence-electron chi connectivity index (χ0n) is 15.7. The second-order valence-corrected chi connectivity index (χ2v) is 6.68. The van der Waals surface area contributed by atoms with Crippen molar-refractivity contribution in [2.75, 3.05) is 11.9 Å². The van der Waals surface area contributed by atoms with E-state index < -0.39 is 0 Å². The first-order chi connectivity index (χ1) is 13.6. The minimum atomic E-state index is -0.231. The van der Waals surface area contributed by atoms with Crippen LogP contribution in [0.2, 0.25) is 0 Å². The molecule has 0 aliphatic rings. The van der Waals surface area contributed by atoms with E-state index in [1.807, 2.05) is 74.5 Å². The molecule has 5 nitrogen and oxygen atoms in total. The topological polar surface area (TPSA) is 64.4 Å². The van der Waals surface area contributed by atoms with Crippen LogP contribution in [0.15, 0.2) is 71.1 Å². The van der Waals surface area contributed by atoms with Gasteiger partial charge in [-0.05, 0) is 61.4 Å². The number of ether oxygens (including phenoxy) is 1. The Bertz CT molecular complexity index is 1130. The van der Waals surface area contributed by atoms with Gasteiger partial charge in [-0.2, -0.15) is 0 Å². The summed E-state index contributed by atoms with van der Waals surface area (Å²) in [4.78, 5) is 16.8. The number of aromatic nitrogens is 1. The van der Waals surface area contributed by atoms with Crippen molar-refractivity contribution >= 4 is 22.7 Å². The number of carbonyl (C=O) groups excluding carboxylic acids is 1. The van der Waals surface area contributed by atoms with E-state index in [0.29, 0.717) is 17.3 Å². The molecule has 1 aromatic heterocycles. The lowest BCUT2D eigenvalue weighted by atomic mass is 10.1. The van der Waals surface area contributed by atoms with Crippen molar-refractivity contribution in [2.24, 2.45) is 0 Å². The average molecular weight is 372 g/mol. The van der Waals surface area contributed by atoms with Gasteiger partial charge in [-0.1, -0.05) is 30.3 Å². The van der Waals surface area contributed by atoms with E-state index in [1.54, 1.807) is 0 Å². The maximum absolute atomic E-state index is 12.2. The van der Waals surface area contributed by atoms with Gasteiger partial charge in [0.05, 0.1) is 0 Å². The molecule has 0 spiro atoms. The summed E-state index contributed by atoms with van der Waals surface area (Å²) in [7, 11) is 0. The summed E-state index contributed by atoms with van der Waals surface area (Å²) < 4.78 is 11.4. The maximum Gasteiger partial charge on any atom is 0.262 e. The number of anilines is 1. The number of para-hydroxylation sites is 1. The van der Waals surface area contributed by atoms with Crippen LogP contribution in [0.25, 0.3) is 22.6 Å². The molecule has 0 aliphatic carbocycles. The lowest BCUT2D eigenvalue weighted by Gasteiger charge is -2.08. The number of fused-ring (bicyclic) bond motifs is 1. The fraction of sp³-hybridized carbons (Fsp3) is 0.130. The van der Waals surface area contributed by atoms with E-state index in [4.69, 9.17) is 9.15 Å². The first kappa shape index (κ1) is 17.8. The smallest absolute Gasteiger partial charge is 0.262 e. The maximum atomic E-state index is 12.2. The van der Waals surface area contributed by atoms with Gasteiger partial charge >= 0.3 is 0 Å². The summed E-state index contributed by atoms with van der Waals surface area (Å²) in [6, 6.07) is 20.7. The van der Waals surface area contributed by atoms with E-state index in [0.717, 1.165) is 27.8 Å². The van der Waals surface area contributed by atoms with E-state index in [2.05, 4.69) is 16.4 Å². The summed E-state index contributed by atoms with van der Waals surface area (Å²) in [6.45, 7) is 3.98.